The first-order chi connectivity index (χ1) is 13.1. The van der Waals surface area contributed by atoms with Gasteiger partial charge in [0.05, 0.1) is 23.5 Å². The molecule has 3 heterocycles. The SMILES string of the molecule is Cc1cc([C@H](Nc2nsnc2Nc2csc(S(N)(=O)=O)c2O)C(C)C)sc1C. The number of nitrogens with zero attached hydrogens (tertiary/aromatic N) is 2. The van der Waals surface area contributed by atoms with E-state index in [0.29, 0.717) is 17.6 Å². The third kappa shape index (κ3) is 4.30. The zero-order valence-corrected chi connectivity index (χ0v) is 18.9. The maximum absolute atomic E-state index is 11.5. The lowest BCUT2D eigenvalue weighted by atomic mass is 10.0. The Balaban J connectivity index is 1.86. The van der Waals surface area contributed by atoms with Crippen LogP contribution < -0.4 is 15.8 Å². The molecule has 0 saturated carbocycles. The summed E-state index contributed by atoms with van der Waals surface area (Å²) in [6, 6.07) is 2.21. The van der Waals surface area contributed by atoms with Crippen LogP contribution in [0.2, 0.25) is 0 Å². The maximum Gasteiger partial charge on any atom is 0.251 e. The Labute approximate surface area is 175 Å². The second kappa shape index (κ2) is 7.95. The second-order valence-corrected chi connectivity index (χ2v) is 11.1. The number of primary sulfonamides is 1. The Morgan fingerprint density at radius 1 is 1.21 bits per heavy atom. The molecule has 0 aliphatic heterocycles. The van der Waals surface area contributed by atoms with E-state index < -0.39 is 15.8 Å². The third-order valence-electron chi connectivity index (χ3n) is 4.18. The molecule has 3 aromatic heterocycles. The van der Waals surface area contributed by atoms with Crippen molar-refractivity contribution in [2.45, 2.75) is 37.9 Å². The van der Waals surface area contributed by atoms with E-state index in [0.717, 1.165) is 23.1 Å². The van der Waals surface area contributed by atoms with Crippen molar-refractivity contribution in [2.75, 3.05) is 10.6 Å². The maximum atomic E-state index is 11.5. The molecule has 0 radical (unpaired) electrons. The summed E-state index contributed by atoms with van der Waals surface area (Å²) in [5.74, 6) is 0.830. The minimum atomic E-state index is -3.99. The first-order valence-corrected chi connectivity index (χ1v) is 12.3. The van der Waals surface area contributed by atoms with Gasteiger partial charge in [-0.3, -0.25) is 0 Å². The minimum Gasteiger partial charge on any atom is -0.504 e. The quantitative estimate of drug-likeness (QED) is 0.417. The van der Waals surface area contributed by atoms with Gasteiger partial charge >= 0.3 is 0 Å². The van der Waals surface area contributed by atoms with Gasteiger partial charge in [-0.25, -0.2) is 13.6 Å². The highest BCUT2D eigenvalue weighted by atomic mass is 32.2. The number of hydrogen-bond donors (Lipinski definition) is 4. The highest BCUT2D eigenvalue weighted by Crippen LogP contribution is 2.40. The monoisotopic (exact) mass is 459 g/mol. The van der Waals surface area contributed by atoms with Crippen LogP contribution in [0.25, 0.3) is 0 Å². The summed E-state index contributed by atoms with van der Waals surface area (Å²) in [7, 11) is -3.99. The second-order valence-electron chi connectivity index (χ2n) is 6.67. The number of aromatic nitrogens is 2. The van der Waals surface area contributed by atoms with Crippen LogP contribution in [-0.2, 0) is 10.0 Å². The number of nitrogens with one attached hydrogen (secondary N) is 2. The first kappa shape index (κ1) is 21.0. The van der Waals surface area contributed by atoms with Crippen molar-refractivity contribution in [1.82, 2.24) is 8.75 Å². The van der Waals surface area contributed by atoms with E-state index in [9.17, 15) is 13.5 Å². The topological polar surface area (TPSA) is 130 Å². The van der Waals surface area contributed by atoms with E-state index in [1.165, 1.54) is 20.7 Å². The Morgan fingerprint density at radius 2 is 1.89 bits per heavy atom. The molecular weight excluding hydrogens is 438 g/mol. The molecule has 0 fully saturated rings. The lowest BCUT2D eigenvalue weighted by Gasteiger charge is -2.21. The van der Waals surface area contributed by atoms with Gasteiger partial charge in [-0.2, -0.15) is 8.75 Å². The van der Waals surface area contributed by atoms with Crippen molar-refractivity contribution in [2.24, 2.45) is 11.1 Å². The van der Waals surface area contributed by atoms with Gasteiger partial charge in [0.15, 0.2) is 21.6 Å². The summed E-state index contributed by atoms with van der Waals surface area (Å²) in [6.07, 6.45) is 0. The van der Waals surface area contributed by atoms with Gasteiger partial charge in [0.25, 0.3) is 10.0 Å². The summed E-state index contributed by atoms with van der Waals surface area (Å²) >= 11 is 3.60. The fraction of sp³-hybridized carbons (Fsp3) is 0.375. The predicted octanol–water partition coefficient (Wildman–Crippen LogP) is 4.18. The average molecular weight is 460 g/mol. The normalized spacial score (nSPS) is 13.1. The molecule has 0 spiro atoms. The molecule has 3 rings (SSSR count). The molecule has 0 aliphatic rings. The Hall–Kier alpha value is -1.73. The molecule has 0 aromatic carbocycles. The fourth-order valence-electron chi connectivity index (χ4n) is 2.59. The summed E-state index contributed by atoms with van der Waals surface area (Å²) in [4.78, 5) is 2.48. The van der Waals surface area contributed by atoms with Crippen LogP contribution in [0.4, 0.5) is 17.3 Å². The van der Waals surface area contributed by atoms with Gasteiger partial charge < -0.3 is 15.7 Å². The number of nitrogens with two attached hydrogens (primary N) is 1. The minimum absolute atomic E-state index is 0.0397. The largest absolute Gasteiger partial charge is 0.504 e. The fourth-order valence-corrected chi connectivity index (χ4v) is 6.01. The Bertz CT molecular complexity index is 1060. The van der Waals surface area contributed by atoms with Gasteiger partial charge in [-0.1, -0.05) is 13.8 Å². The highest BCUT2D eigenvalue weighted by molar-refractivity contribution is 7.91. The Morgan fingerprint density at radius 3 is 2.43 bits per heavy atom. The lowest BCUT2D eigenvalue weighted by Crippen LogP contribution is -2.16. The van der Waals surface area contributed by atoms with E-state index in [1.54, 1.807) is 11.3 Å². The van der Waals surface area contributed by atoms with Crippen LogP contribution in [0.3, 0.4) is 0 Å². The number of aromatic hydroxyl groups is 1. The molecular formula is C16H21N5O3S4. The molecule has 0 unspecified atom stereocenters. The number of sulfonamides is 1. The predicted molar refractivity (Wildman–Crippen MR) is 116 cm³/mol. The van der Waals surface area contributed by atoms with E-state index in [2.05, 4.69) is 53.1 Å². The average Bonchev–Trinajstić information content (AvgIpc) is 3.26. The number of rotatable bonds is 7. The van der Waals surface area contributed by atoms with Gasteiger partial charge in [-0.15, -0.1) is 22.7 Å². The van der Waals surface area contributed by atoms with E-state index >= 15 is 0 Å². The number of aryl methyl sites for hydroxylation is 2. The molecule has 0 aliphatic carbocycles. The zero-order chi connectivity index (χ0) is 20.6. The molecule has 0 amide bonds. The first-order valence-electron chi connectivity index (χ1n) is 8.34. The number of thiophene rings is 2. The summed E-state index contributed by atoms with van der Waals surface area (Å²) < 4.78 is 31.3. The molecule has 0 bridgehead atoms. The van der Waals surface area contributed by atoms with Crippen LogP contribution in [0.15, 0.2) is 15.7 Å². The van der Waals surface area contributed by atoms with Crippen molar-refractivity contribution >= 4 is 61.7 Å². The Kier molecular flexibility index (Phi) is 5.96. The summed E-state index contributed by atoms with van der Waals surface area (Å²) in [5.41, 5.74) is 1.47. The van der Waals surface area contributed by atoms with Crippen molar-refractivity contribution in [3.8, 4) is 5.75 Å². The number of anilines is 3. The van der Waals surface area contributed by atoms with Crippen molar-refractivity contribution in [3.63, 3.8) is 0 Å². The standard InChI is InChI=1S/C16H21N5O3S4/c1-7(2)12(11-5-8(3)9(4)26-11)19-15-14(20-27-21-15)18-10-6-25-16(13(10)22)28(17,23)24/h5-7,12,22H,1-4H3,(H,18,20)(H,19,21)(H2,17,23,24)/t12-/m1/s1. The van der Waals surface area contributed by atoms with Crippen LogP contribution in [-0.4, -0.2) is 22.3 Å². The van der Waals surface area contributed by atoms with Gasteiger partial charge in [0.1, 0.15) is 0 Å². The summed E-state index contributed by atoms with van der Waals surface area (Å²) in [6.45, 7) is 8.43. The molecule has 5 N–H and O–H groups in total. The van der Waals surface area contributed by atoms with E-state index in [4.69, 9.17) is 5.14 Å². The molecule has 28 heavy (non-hydrogen) atoms. The van der Waals surface area contributed by atoms with Crippen molar-refractivity contribution < 1.29 is 13.5 Å². The van der Waals surface area contributed by atoms with Crippen molar-refractivity contribution in [1.29, 1.82) is 0 Å². The smallest absolute Gasteiger partial charge is 0.251 e. The van der Waals surface area contributed by atoms with Crippen LogP contribution in [0.1, 0.15) is 35.2 Å². The molecule has 152 valence electrons. The van der Waals surface area contributed by atoms with E-state index in [1.807, 2.05) is 0 Å². The zero-order valence-electron chi connectivity index (χ0n) is 15.7. The number of hydrogen-bond acceptors (Lipinski definition) is 10. The molecule has 3 aromatic rings. The highest BCUT2D eigenvalue weighted by Gasteiger charge is 2.24. The van der Waals surface area contributed by atoms with Crippen LogP contribution >= 0.6 is 34.4 Å². The van der Waals surface area contributed by atoms with E-state index in [-0.39, 0.29) is 15.9 Å². The van der Waals surface area contributed by atoms with Gasteiger partial charge in [0, 0.05) is 15.1 Å². The third-order valence-corrected chi connectivity index (χ3v) is 8.40. The molecule has 1 atom stereocenters. The van der Waals surface area contributed by atoms with Gasteiger partial charge in [0.2, 0.25) is 0 Å². The van der Waals surface area contributed by atoms with Crippen LogP contribution in [0, 0.1) is 19.8 Å². The molecule has 0 saturated heterocycles. The molecule has 8 nitrogen and oxygen atoms in total. The lowest BCUT2D eigenvalue weighted by molar-refractivity contribution is 0.466. The van der Waals surface area contributed by atoms with Gasteiger partial charge in [-0.05, 0) is 31.4 Å². The molecule has 12 heteroatoms. The summed E-state index contributed by atoms with van der Waals surface area (Å²) in [5, 5.41) is 23.1. The van der Waals surface area contributed by atoms with Crippen LogP contribution in [0.5, 0.6) is 5.75 Å². The van der Waals surface area contributed by atoms with Crippen molar-refractivity contribution in [3.05, 3.63) is 26.8 Å².